The first-order valence-electron chi connectivity index (χ1n) is 4.36. The second-order valence-electron chi connectivity index (χ2n) is 3.72. The normalized spacial score (nSPS) is 11.2. The van der Waals surface area contributed by atoms with Gasteiger partial charge >= 0.3 is 0 Å². The number of nitrogens with one attached hydrogen (secondary N) is 1. The van der Waals surface area contributed by atoms with Gasteiger partial charge in [-0.2, -0.15) is 0 Å². The molecule has 0 aliphatic carbocycles. The van der Waals surface area contributed by atoms with Crippen molar-refractivity contribution >= 4 is 17.5 Å². The Bertz CT molecular complexity index is 363. The van der Waals surface area contributed by atoms with Crippen LogP contribution in [0.25, 0.3) is 0 Å². The SMILES string of the molecule is CC(C)(O)CNC(=O)c1cncc(Cl)n1. The van der Waals surface area contributed by atoms with Crippen molar-refractivity contribution in [3.05, 3.63) is 23.2 Å². The van der Waals surface area contributed by atoms with Crippen molar-refractivity contribution in [2.24, 2.45) is 0 Å². The van der Waals surface area contributed by atoms with Crippen LogP contribution in [0.2, 0.25) is 5.15 Å². The highest BCUT2D eigenvalue weighted by Gasteiger charge is 2.15. The Kier molecular flexibility index (Phi) is 3.60. The molecule has 0 bridgehead atoms. The van der Waals surface area contributed by atoms with Crippen molar-refractivity contribution in [3.8, 4) is 0 Å². The van der Waals surface area contributed by atoms with Crippen LogP contribution in [0.1, 0.15) is 24.3 Å². The molecular weight excluding hydrogens is 218 g/mol. The average Bonchev–Trinajstić information content (AvgIpc) is 2.13. The van der Waals surface area contributed by atoms with Gasteiger partial charge in [0, 0.05) is 6.54 Å². The van der Waals surface area contributed by atoms with Crippen molar-refractivity contribution in [1.29, 1.82) is 0 Å². The largest absolute Gasteiger partial charge is 0.389 e. The highest BCUT2D eigenvalue weighted by molar-refractivity contribution is 6.29. The summed E-state index contributed by atoms with van der Waals surface area (Å²) in [6.07, 6.45) is 2.65. The zero-order valence-electron chi connectivity index (χ0n) is 8.49. The molecule has 0 saturated carbocycles. The van der Waals surface area contributed by atoms with E-state index in [1.807, 2.05) is 0 Å². The topological polar surface area (TPSA) is 75.1 Å². The number of halogens is 1. The minimum atomic E-state index is -0.957. The Hall–Kier alpha value is -1.20. The van der Waals surface area contributed by atoms with E-state index in [1.165, 1.54) is 12.4 Å². The van der Waals surface area contributed by atoms with Crippen LogP contribution in [-0.2, 0) is 0 Å². The lowest BCUT2D eigenvalue weighted by Gasteiger charge is -2.17. The van der Waals surface area contributed by atoms with Gasteiger partial charge in [0.25, 0.3) is 5.91 Å². The fraction of sp³-hybridized carbons (Fsp3) is 0.444. The molecule has 0 aromatic carbocycles. The lowest BCUT2D eigenvalue weighted by Crippen LogP contribution is -2.38. The molecule has 1 heterocycles. The minimum Gasteiger partial charge on any atom is -0.389 e. The molecule has 0 atom stereocenters. The van der Waals surface area contributed by atoms with E-state index in [1.54, 1.807) is 13.8 Å². The Morgan fingerprint density at radius 1 is 1.60 bits per heavy atom. The van der Waals surface area contributed by atoms with E-state index in [4.69, 9.17) is 11.6 Å². The summed E-state index contributed by atoms with van der Waals surface area (Å²) in [5.74, 6) is -0.410. The number of carbonyl (C=O) groups excluding carboxylic acids is 1. The highest BCUT2D eigenvalue weighted by atomic mass is 35.5. The number of rotatable bonds is 3. The molecule has 1 aromatic rings. The molecule has 1 aromatic heterocycles. The van der Waals surface area contributed by atoms with Crippen LogP contribution < -0.4 is 5.32 Å². The first-order chi connectivity index (χ1) is 6.88. The lowest BCUT2D eigenvalue weighted by molar-refractivity contribution is 0.0691. The minimum absolute atomic E-state index is 0.131. The molecule has 5 nitrogen and oxygen atoms in total. The van der Waals surface area contributed by atoms with Gasteiger partial charge in [-0.1, -0.05) is 11.6 Å². The van der Waals surface area contributed by atoms with Crippen LogP contribution in [-0.4, -0.2) is 33.1 Å². The third-order valence-electron chi connectivity index (χ3n) is 1.52. The Morgan fingerprint density at radius 2 is 2.27 bits per heavy atom. The molecule has 0 spiro atoms. The first kappa shape index (κ1) is 11.9. The van der Waals surface area contributed by atoms with Crippen LogP contribution in [0.15, 0.2) is 12.4 Å². The van der Waals surface area contributed by atoms with Gasteiger partial charge in [0.15, 0.2) is 0 Å². The maximum Gasteiger partial charge on any atom is 0.271 e. The number of nitrogens with zero attached hydrogens (tertiary/aromatic N) is 2. The molecule has 0 fully saturated rings. The summed E-state index contributed by atoms with van der Waals surface area (Å²) in [4.78, 5) is 19.0. The Labute approximate surface area is 92.5 Å². The van der Waals surface area contributed by atoms with Crippen LogP contribution in [0.5, 0.6) is 0 Å². The van der Waals surface area contributed by atoms with Crippen LogP contribution in [0, 0.1) is 0 Å². The van der Waals surface area contributed by atoms with Gasteiger partial charge in [-0.05, 0) is 13.8 Å². The molecule has 0 aliphatic heterocycles. The summed E-state index contributed by atoms with van der Waals surface area (Å²) in [7, 11) is 0. The standard InChI is InChI=1S/C9H12ClN3O2/c1-9(2,15)5-12-8(14)6-3-11-4-7(10)13-6/h3-4,15H,5H2,1-2H3,(H,12,14). The van der Waals surface area contributed by atoms with E-state index >= 15 is 0 Å². The summed E-state index contributed by atoms with van der Waals surface area (Å²) in [5.41, 5.74) is -0.825. The molecule has 0 unspecified atom stereocenters. The third-order valence-corrected chi connectivity index (χ3v) is 1.70. The maximum atomic E-state index is 11.5. The van der Waals surface area contributed by atoms with Crippen molar-refractivity contribution < 1.29 is 9.90 Å². The zero-order chi connectivity index (χ0) is 11.5. The van der Waals surface area contributed by atoms with E-state index < -0.39 is 11.5 Å². The van der Waals surface area contributed by atoms with E-state index in [-0.39, 0.29) is 17.4 Å². The number of hydrogen-bond acceptors (Lipinski definition) is 4. The summed E-state index contributed by atoms with van der Waals surface area (Å²) >= 11 is 5.58. The summed E-state index contributed by atoms with van der Waals surface area (Å²) < 4.78 is 0. The van der Waals surface area contributed by atoms with Crippen LogP contribution in [0.3, 0.4) is 0 Å². The van der Waals surface area contributed by atoms with E-state index in [2.05, 4.69) is 15.3 Å². The van der Waals surface area contributed by atoms with E-state index in [9.17, 15) is 9.90 Å². The molecule has 0 aliphatic rings. The Morgan fingerprint density at radius 3 is 2.80 bits per heavy atom. The Balaban J connectivity index is 2.62. The number of amides is 1. The van der Waals surface area contributed by atoms with Crippen molar-refractivity contribution in [3.63, 3.8) is 0 Å². The molecule has 82 valence electrons. The van der Waals surface area contributed by atoms with Gasteiger partial charge in [-0.3, -0.25) is 9.78 Å². The number of carbonyl (C=O) groups is 1. The predicted octanol–water partition coefficient (Wildman–Crippen LogP) is 0.631. The summed E-state index contributed by atoms with van der Waals surface area (Å²) in [5, 5.41) is 12.1. The van der Waals surface area contributed by atoms with Gasteiger partial charge in [-0.25, -0.2) is 4.98 Å². The zero-order valence-corrected chi connectivity index (χ0v) is 9.25. The second-order valence-corrected chi connectivity index (χ2v) is 4.11. The average molecular weight is 230 g/mol. The summed E-state index contributed by atoms with van der Waals surface area (Å²) in [6, 6.07) is 0. The highest BCUT2D eigenvalue weighted by Crippen LogP contribution is 2.03. The smallest absolute Gasteiger partial charge is 0.271 e. The van der Waals surface area contributed by atoms with Crippen molar-refractivity contribution in [2.45, 2.75) is 19.4 Å². The van der Waals surface area contributed by atoms with E-state index in [0.29, 0.717) is 0 Å². The molecule has 1 amide bonds. The van der Waals surface area contributed by atoms with E-state index in [0.717, 1.165) is 0 Å². The predicted molar refractivity (Wildman–Crippen MR) is 55.7 cm³/mol. The van der Waals surface area contributed by atoms with Gasteiger partial charge in [-0.15, -0.1) is 0 Å². The monoisotopic (exact) mass is 229 g/mol. The summed E-state index contributed by atoms with van der Waals surface area (Å²) in [6.45, 7) is 3.33. The molecule has 0 saturated heterocycles. The van der Waals surface area contributed by atoms with Gasteiger partial charge in [0.2, 0.25) is 0 Å². The van der Waals surface area contributed by atoms with Gasteiger partial charge < -0.3 is 10.4 Å². The molecule has 15 heavy (non-hydrogen) atoms. The van der Waals surface area contributed by atoms with Crippen LogP contribution >= 0.6 is 11.6 Å². The first-order valence-corrected chi connectivity index (χ1v) is 4.74. The fourth-order valence-electron chi connectivity index (χ4n) is 0.839. The molecule has 2 N–H and O–H groups in total. The second kappa shape index (κ2) is 4.55. The number of aliphatic hydroxyl groups is 1. The third kappa shape index (κ3) is 4.22. The van der Waals surface area contributed by atoms with Gasteiger partial charge in [0.1, 0.15) is 10.8 Å². The molecule has 1 rings (SSSR count). The molecule has 6 heteroatoms. The van der Waals surface area contributed by atoms with Crippen molar-refractivity contribution in [1.82, 2.24) is 15.3 Å². The molecular formula is C9H12ClN3O2. The van der Waals surface area contributed by atoms with Crippen molar-refractivity contribution in [2.75, 3.05) is 6.54 Å². The number of aromatic nitrogens is 2. The molecule has 0 radical (unpaired) electrons. The van der Waals surface area contributed by atoms with Crippen LogP contribution in [0.4, 0.5) is 0 Å². The maximum absolute atomic E-state index is 11.5. The number of hydrogen-bond donors (Lipinski definition) is 2. The fourth-order valence-corrected chi connectivity index (χ4v) is 0.986. The lowest BCUT2D eigenvalue weighted by atomic mass is 10.1. The quantitative estimate of drug-likeness (QED) is 0.797. The van der Waals surface area contributed by atoms with Gasteiger partial charge in [0.05, 0.1) is 18.0 Å².